The van der Waals surface area contributed by atoms with Gasteiger partial charge in [0.25, 0.3) is 0 Å². The van der Waals surface area contributed by atoms with E-state index in [2.05, 4.69) is 10.6 Å². The Balaban J connectivity index is 1.20. The van der Waals surface area contributed by atoms with Crippen molar-refractivity contribution in [1.82, 2.24) is 10.2 Å². The van der Waals surface area contributed by atoms with Crippen molar-refractivity contribution in [2.24, 2.45) is 23.2 Å². The van der Waals surface area contributed by atoms with Crippen molar-refractivity contribution in [2.75, 3.05) is 18.4 Å². The van der Waals surface area contributed by atoms with Gasteiger partial charge in [0.1, 0.15) is 6.04 Å². The number of nitrogens with one attached hydrogen (secondary N) is 2. The van der Waals surface area contributed by atoms with E-state index >= 15 is 0 Å². The molecule has 1 unspecified atom stereocenters. The summed E-state index contributed by atoms with van der Waals surface area (Å²) in [4.78, 5) is 41.2. The number of carbonyl (C=O) groups is 3. The lowest BCUT2D eigenvalue weighted by Crippen LogP contribution is -2.57. The molecule has 0 spiro atoms. The summed E-state index contributed by atoms with van der Waals surface area (Å²) in [6, 6.07) is 3.63. The Morgan fingerprint density at radius 2 is 1.55 bits per heavy atom. The molecule has 5 aliphatic rings. The van der Waals surface area contributed by atoms with Crippen molar-refractivity contribution in [2.45, 2.75) is 78.2 Å². The van der Waals surface area contributed by atoms with E-state index < -0.39 is 6.04 Å². The summed E-state index contributed by atoms with van der Waals surface area (Å²) >= 11 is 0. The maximum atomic E-state index is 13.8. The molecule has 4 bridgehead atoms. The van der Waals surface area contributed by atoms with Crippen LogP contribution in [-0.4, -0.2) is 41.8 Å². The van der Waals surface area contributed by atoms with E-state index in [1.54, 1.807) is 0 Å². The molecular formula is C27H37N3O3. The average Bonchev–Trinajstić information content (AvgIpc) is 3.23. The van der Waals surface area contributed by atoms with Crippen molar-refractivity contribution in [3.8, 4) is 0 Å². The van der Waals surface area contributed by atoms with Crippen LogP contribution in [0.25, 0.3) is 0 Å². The van der Waals surface area contributed by atoms with Crippen LogP contribution >= 0.6 is 0 Å². The van der Waals surface area contributed by atoms with Gasteiger partial charge in [-0.25, -0.2) is 0 Å². The fraction of sp³-hybridized carbons (Fsp3) is 0.667. The largest absolute Gasteiger partial charge is 0.345 e. The number of nitrogens with zero attached hydrogens (tertiary/aromatic N) is 1. The van der Waals surface area contributed by atoms with E-state index in [1.807, 2.05) is 37.8 Å². The third kappa shape index (κ3) is 4.17. The van der Waals surface area contributed by atoms with Gasteiger partial charge in [-0.1, -0.05) is 17.7 Å². The fourth-order valence-electron chi connectivity index (χ4n) is 7.81. The first-order valence-electron chi connectivity index (χ1n) is 12.7. The van der Waals surface area contributed by atoms with Crippen LogP contribution in [0.3, 0.4) is 0 Å². The molecule has 6 nitrogen and oxygen atoms in total. The zero-order valence-corrected chi connectivity index (χ0v) is 20.2. The molecule has 0 aromatic heterocycles. The van der Waals surface area contributed by atoms with Gasteiger partial charge < -0.3 is 15.5 Å². The van der Waals surface area contributed by atoms with Crippen LogP contribution in [0, 0.1) is 43.9 Å². The second-order valence-corrected chi connectivity index (χ2v) is 11.4. The number of rotatable bonds is 5. The van der Waals surface area contributed by atoms with E-state index in [-0.39, 0.29) is 29.7 Å². The number of aryl methyl sites for hydroxylation is 3. The molecule has 3 amide bonds. The van der Waals surface area contributed by atoms with Crippen LogP contribution in [0.5, 0.6) is 0 Å². The fourth-order valence-corrected chi connectivity index (χ4v) is 7.81. The van der Waals surface area contributed by atoms with E-state index in [9.17, 15) is 14.4 Å². The molecule has 5 fully saturated rings. The lowest BCUT2D eigenvalue weighted by Gasteiger charge is -2.56. The van der Waals surface area contributed by atoms with Gasteiger partial charge in [0, 0.05) is 12.2 Å². The van der Waals surface area contributed by atoms with E-state index in [0.717, 1.165) is 48.1 Å². The van der Waals surface area contributed by atoms with Gasteiger partial charge in [0.2, 0.25) is 17.7 Å². The van der Waals surface area contributed by atoms with Gasteiger partial charge in [0.15, 0.2) is 0 Å². The molecule has 2 N–H and O–H groups in total. The standard InChI is InChI=1S/C27H37N3O3/c1-16-7-17(2)24(18(3)8-16)29-23(31)15-28-25(32)22-5-4-6-30(22)26(33)27-12-19-9-20(13-27)11-21(10-19)14-27/h7-8,19-22H,4-6,9-15H2,1-3H3,(H,28,32)(H,29,31). The molecule has 1 saturated heterocycles. The van der Waals surface area contributed by atoms with E-state index in [1.165, 1.54) is 19.3 Å². The Morgan fingerprint density at radius 3 is 2.12 bits per heavy atom. The summed E-state index contributed by atoms with van der Waals surface area (Å²) in [6.45, 7) is 6.55. The van der Waals surface area contributed by atoms with Crippen molar-refractivity contribution >= 4 is 23.4 Å². The lowest BCUT2D eigenvalue weighted by molar-refractivity contribution is -0.160. The highest BCUT2D eigenvalue weighted by Gasteiger charge is 2.56. The van der Waals surface area contributed by atoms with Crippen molar-refractivity contribution in [3.05, 3.63) is 28.8 Å². The Labute approximate surface area is 196 Å². The van der Waals surface area contributed by atoms with Crippen LogP contribution in [0.1, 0.15) is 68.1 Å². The zero-order chi connectivity index (χ0) is 23.3. The van der Waals surface area contributed by atoms with Gasteiger partial charge in [0.05, 0.1) is 12.0 Å². The predicted octanol–water partition coefficient (Wildman–Crippen LogP) is 3.87. The van der Waals surface area contributed by atoms with Crippen molar-refractivity contribution in [1.29, 1.82) is 0 Å². The topological polar surface area (TPSA) is 78.5 Å². The second-order valence-electron chi connectivity index (χ2n) is 11.4. The molecule has 6 heteroatoms. The number of amides is 3. The highest BCUT2D eigenvalue weighted by molar-refractivity contribution is 5.97. The van der Waals surface area contributed by atoms with Crippen molar-refractivity contribution in [3.63, 3.8) is 0 Å². The first-order valence-corrected chi connectivity index (χ1v) is 12.7. The Hall–Kier alpha value is -2.37. The van der Waals surface area contributed by atoms with Crippen LogP contribution in [-0.2, 0) is 14.4 Å². The lowest BCUT2D eigenvalue weighted by atomic mass is 9.49. The number of likely N-dealkylation sites (tertiary alicyclic amines) is 1. The minimum absolute atomic E-state index is 0.0819. The van der Waals surface area contributed by atoms with Crippen LogP contribution < -0.4 is 10.6 Å². The van der Waals surface area contributed by atoms with Gasteiger partial charge >= 0.3 is 0 Å². The highest BCUT2D eigenvalue weighted by Crippen LogP contribution is 2.60. The average molecular weight is 452 g/mol. The van der Waals surface area contributed by atoms with E-state index in [4.69, 9.17) is 0 Å². The first-order chi connectivity index (χ1) is 15.7. The maximum absolute atomic E-state index is 13.8. The second kappa shape index (κ2) is 8.44. The van der Waals surface area contributed by atoms with Gasteiger partial charge in [-0.15, -0.1) is 0 Å². The van der Waals surface area contributed by atoms with Crippen LogP contribution in [0.4, 0.5) is 5.69 Å². The maximum Gasteiger partial charge on any atom is 0.243 e. The highest BCUT2D eigenvalue weighted by atomic mass is 16.2. The molecule has 1 atom stereocenters. The summed E-state index contributed by atoms with van der Waals surface area (Å²) in [5.74, 6) is 1.88. The Kier molecular flexibility index (Phi) is 5.74. The molecule has 1 aromatic rings. The Bertz CT molecular complexity index is 927. The predicted molar refractivity (Wildman–Crippen MR) is 128 cm³/mol. The summed E-state index contributed by atoms with van der Waals surface area (Å²) < 4.78 is 0. The number of hydrogen-bond donors (Lipinski definition) is 2. The minimum Gasteiger partial charge on any atom is -0.345 e. The Morgan fingerprint density at radius 1 is 0.970 bits per heavy atom. The smallest absolute Gasteiger partial charge is 0.243 e. The molecule has 6 rings (SSSR count). The quantitative estimate of drug-likeness (QED) is 0.713. The minimum atomic E-state index is -0.443. The molecule has 0 radical (unpaired) electrons. The molecule has 33 heavy (non-hydrogen) atoms. The van der Waals surface area contributed by atoms with Gasteiger partial charge in [-0.3, -0.25) is 14.4 Å². The van der Waals surface area contributed by atoms with E-state index in [0.29, 0.717) is 30.7 Å². The van der Waals surface area contributed by atoms with Gasteiger partial charge in [-0.2, -0.15) is 0 Å². The third-order valence-electron chi connectivity index (χ3n) is 8.67. The monoisotopic (exact) mass is 451 g/mol. The number of carbonyl (C=O) groups excluding carboxylic acids is 3. The molecule has 4 aliphatic carbocycles. The molecule has 1 aliphatic heterocycles. The summed E-state index contributed by atoms with van der Waals surface area (Å²) in [6.07, 6.45) is 8.47. The van der Waals surface area contributed by atoms with Crippen LogP contribution in [0.15, 0.2) is 12.1 Å². The SMILES string of the molecule is Cc1cc(C)c(NC(=O)CNC(=O)C2CCCN2C(=O)C23CC4CC(CC(C4)C2)C3)c(C)c1. The van der Waals surface area contributed by atoms with Gasteiger partial charge in [-0.05, 0) is 101 Å². The normalized spacial score (nSPS) is 32.2. The number of hydrogen-bond acceptors (Lipinski definition) is 3. The number of benzene rings is 1. The third-order valence-corrected chi connectivity index (χ3v) is 8.67. The molecule has 4 saturated carbocycles. The molecule has 1 heterocycles. The summed E-state index contributed by atoms with van der Waals surface area (Å²) in [5, 5.41) is 5.75. The first kappa shape index (κ1) is 22.4. The summed E-state index contributed by atoms with van der Waals surface area (Å²) in [5.41, 5.74) is 3.75. The number of anilines is 1. The summed E-state index contributed by atoms with van der Waals surface area (Å²) in [7, 11) is 0. The molecule has 178 valence electrons. The van der Waals surface area contributed by atoms with Crippen LogP contribution in [0.2, 0.25) is 0 Å². The molecule has 1 aromatic carbocycles. The van der Waals surface area contributed by atoms with Crippen molar-refractivity contribution < 1.29 is 14.4 Å². The zero-order valence-electron chi connectivity index (χ0n) is 20.2. The molecular weight excluding hydrogens is 414 g/mol.